The molecule has 0 N–H and O–H groups in total. The lowest BCUT2D eigenvalue weighted by Crippen LogP contribution is -2.03. The predicted octanol–water partition coefficient (Wildman–Crippen LogP) is 0.460. The zero-order chi connectivity index (χ0) is 7.40. The van der Waals surface area contributed by atoms with E-state index < -0.39 is 0 Å². The summed E-state index contributed by atoms with van der Waals surface area (Å²) in [5.41, 5.74) is 0. The number of hydrogen-bond donors (Lipinski definition) is 0. The van der Waals surface area contributed by atoms with Crippen LogP contribution in [-0.2, 0) is 13.0 Å². The Labute approximate surface area is 60.2 Å². The molecule has 1 heterocycles. The Morgan fingerprint density at radius 3 is 3.00 bits per heavy atom. The minimum Gasteiger partial charge on any atom is -0.230 e. The van der Waals surface area contributed by atoms with E-state index in [1.807, 2.05) is 0 Å². The summed E-state index contributed by atoms with van der Waals surface area (Å²) in [6.45, 7) is 6.69. The second kappa shape index (κ2) is 3.29. The van der Waals surface area contributed by atoms with Crippen LogP contribution >= 0.6 is 0 Å². The molecule has 1 aromatic rings. The molecule has 0 unspecified atom stereocenters. The maximum atomic E-state index is 3.79. The molecule has 55 valence electrons. The minimum atomic E-state index is 0.660. The van der Waals surface area contributed by atoms with Gasteiger partial charge in [-0.05, 0) is 23.8 Å². The Morgan fingerprint density at radius 2 is 2.40 bits per heavy atom. The maximum absolute atomic E-state index is 3.79. The molecule has 1 rings (SSSR count). The van der Waals surface area contributed by atoms with Gasteiger partial charge in [-0.2, -0.15) is 0 Å². The van der Waals surface area contributed by atoms with Crippen LogP contribution in [0.15, 0.2) is 0 Å². The van der Waals surface area contributed by atoms with E-state index in [1.165, 1.54) is 0 Å². The van der Waals surface area contributed by atoms with Crippen LogP contribution in [0.3, 0.4) is 0 Å². The zero-order valence-electron chi connectivity index (χ0n) is 6.12. The summed E-state index contributed by atoms with van der Waals surface area (Å²) in [6.07, 6.45) is 1.71. The van der Waals surface area contributed by atoms with Crippen molar-refractivity contribution in [2.75, 3.05) is 0 Å². The molecular formula is C6H11N4. The van der Waals surface area contributed by atoms with Gasteiger partial charge in [-0.3, -0.25) is 0 Å². The van der Waals surface area contributed by atoms with Crippen LogP contribution in [0.4, 0.5) is 0 Å². The van der Waals surface area contributed by atoms with Crippen LogP contribution < -0.4 is 0 Å². The summed E-state index contributed by atoms with van der Waals surface area (Å²) in [5.74, 6) is 0.863. The summed E-state index contributed by atoms with van der Waals surface area (Å²) in [5, 5.41) is 11.1. The average Bonchev–Trinajstić information content (AvgIpc) is 2.36. The molecule has 0 saturated carbocycles. The van der Waals surface area contributed by atoms with Gasteiger partial charge in [0.05, 0.1) is 0 Å². The zero-order valence-corrected chi connectivity index (χ0v) is 6.12. The Balaban J connectivity index is 2.70. The van der Waals surface area contributed by atoms with Crippen molar-refractivity contribution < 1.29 is 0 Å². The largest absolute Gasteiger partial charge is 0.230 e. The number of aryl methyl sites for hydroxylation is 1. The second-order valence-corrected chi connectivity index (χ2v) is 2.07. The molecule has 0 spiro atoms. The molecule has 10 heavy (non-hydrogen) atoms. The molecule has 0 saturated heterocycles. The molecule has 0 fully saturated rings. The quantitative estimate of drug-likeness (QED) is 0.611. The highest BCUT2D eigenvalue weighted by molar-refractivity contribution is 4.81. The standard InChI is InChI=1S/C6H11N4/c1-3-5-10-6(4-2)7-8-9-10/h2-5H2,1H3. The van der Waals surface area contributed by atoms with Gasteiger partial charge >= 0.3 is 0 Å². The molecule has 0 aliphatic carbocycles. The van der Waals surface area contributed by atoms with Gasteiger partial charge in [-0.1, -0.05) is 6.92 Å². The van der Waals surface area contributed by atoms with Crippen LogP contribution in [0.5, 0.6) is 0 Å². The average molecular weight is 139 g/mol. The monoisotopic (exact) mass is 139 g/mol. The van der Waals surface area contributed by atoms with Gasteiger partial charge in [-0.25, -0.2) is 4.68 Å². The van der Waals surface area contributed by atoms with Gasteiger partial charge in [0.1, 0.15) is 0 Å². The third kappa shape index (κ3) is 1.32. The predicted molar refractivity (Wildman–Crippen MR) is 37.2 cm³/mol. The topological polar surface area (TPSA) is 43.6 Å². The highest BCUT2D eigenvalue weighted by atomic mass is 15.5. The van der Waals surface area contributed by atoms with Gasteiger partial charge in [0.2, 0.25) is 0 Å². The molecule has 4 heteroatoms. The van der Waals surface area contributed by atoms with Crippen LogP contribution in [0.2, 0.25) is 0 Å². The first kappa shape index (κ1) is 7.18. The molecule has 1 aromatic heterocycles. The number of hydrogen-bond acceptors (Lipinski definition) is 3. The van der Waals surface area contributed by atoms with Crippen LogP contribution in [0.1, 0.15) is 19.2 Å². The molecule has 0 aliphatic heterocycles. The molecule has 0 amide bonds. The van der Waals surface area contributed by atoms with E-state index in [2.05, 4.69) is 29.4 Å². The molecular weight excluding hydrogens is 128 g/mol. The smallest absolute Gasteiger partial charge is 0.151 e. The summed E-state index contributed by atoms with van der Waals surface area (Å²) in [4.78, 5) is 0. The number of rotatable bonds is 3. The summed E-state index contributed by atoms with van der Waals surface area (Å²) in [7, 11) is 0. The first-order valence-electron chi connectivity index (χ1n) is 3.42. The first-order valence-corrected chi connectivity index (χ1v) is 3.42. The van der Waals surface area contributed by atoms with Gasteiger partial charge < -0.3 is 0 Å². The molecule has 1 radical (unpaired) electrons. The first-order chi connectivity index (χ1) is 4.88. The molecule has 0 aromatic carbocycles. The van der Waals surface area contributed by atoms with Crippen LogP contribution in [0.25, 0.3) is 0 Å². The fourth-order valence-corrected chi connectivity index (χ4v) is 0.788. The number of aromatic nitrogens is 4. The Morgan fingerprint density at radius 1 is 1.60 bits per heavy atom. The van der Waals surface area contributed by atoms with E-state index in [0.29, 0.717) is 6.42 Å². The van der Waals surface area contributed by atoms with E-state index >= 15 is 0 Å². The summed E-state index contributed by atoms with van der Waals surface area (Å²) < 4.78 is 1.78. The van der Waals surface area contributed by atoms with Gasteiger partial charge in [0.25, 0.3) is 0 Å². The van der Waals surface area contributed by atoms with Crippen molar-refractivity contribution in [2.45, 2.75) is 26.3 Å². The number of nitrogens with zero attached hydrogens (tertiary/aromatic N) is 4. The molecule has 0 aliphatic rings. The van der Waals surface area contributed by atoms with Crippen molar-refractivity contribution in [1.29, 1.82) is 0 Å². The van der Waals surface area contributed by atoms with Crippen LogP contribution in [-0.4, -0.2) is 20.2 Å². The van der Waals surface area contributed by atoms with Gasteiger partial charge in [-0.15, -0.1) is 5.10 Å². The maximum Gasteiger partial charge on any atom is 0.151 e. The van der Waals surface area contributed by atoms with E-state index in [4.69, 9.17) is 0 Å². The molecule has 0 bridgehead atoms. The van der Waals surface area contributed by atoms with E-state index in [1.54, 1.807) is 4.68 Å². The summed E-state index contributed by atoms with van der Waals surface area (Å²) in [6, 6.07) is 0. The fourth-order valence-electron chi connectivity index (χ4n) is 0.788. The lowest BCUT2D eigenvalue weighted by atomic mass is 10.4. The lowest BCUT2D eigenvalue weighted by Gasteiger charge is -1.97. The van der Waals surface area contributed by atoms with Crippen molar-refractivity contribution in [2.24, 2.45) is 0 Å². The Hall–Kier alpha value is -0.930. The van der Waals surface area contributed by atoms with Crippen molar-refractivity contribution in [1.82, 2.24) is 20.2 Å². The Kier molecular flexibility index (Phi) is 2.36. The number of tetrazole rings is 1. The third-order valence-electron chi connectivity index (χ3n) is 1.27. The third-order valence-corrected chi connectivity index (χ3v) is 1.27. The van der Waals surface area contributed by atoms with Crippen molar-refractivity contribution in [3.05, 3.63) is 12.7 Å². The highest BCUT2D eigenvalue weighted by Crippen LogP contribution is 1.93. The van der Waals surface area contributed by atoms with Gasteiger partial charge in [0.15, 0.2) is 5.82 Å². The van der Waals surface area contributed by atoms with E-state index in [0.717, 1.165) is 18.8 Å². The lowest BCUT2D eigenvalue weighted by molar-refractivity contribution is 0.560. The second-order valence-electron chi connectivity index (χ2n) is 2.07. The Bertz CT molecular complexity index is 193. The van der Waals surface area contributed by atoms with Crippen molar-refractivity contribution >= 4 is 0 Å². The fraction of sp³-hybridized carbons (Fsp3) is 0.667. The van der Waals surface area contributed by atoms with E-state index in [9.17, 15) is 0 Å². The normalized spacial score (nSPS) is 10.2. The van der Waals surface area contributed by atoms with E-state index in [-0.39, 0.29) is 0 Å². The highest BCUT2D eigenvalue weighted by Gasteiger charge is 1.99. The van der Waals surface area contributed by atoms with Gasteiger partial charge in [0, 0.05) is 13.0 Å². The van der Waals surface area contributed by atoms with Crippen LogP contribution in [0, 0.1) is 6.92 Å². The molecule has 4 nitrogen and oxygen atoms in total. The molecule has 0 atom stereocenters. The van der Waals surface area contributed by atoms with Crippen molar-refractivity contribution in [3.8, 4) is 0 Å². The summed E-state index contributed by atoms with van der Waals surface area (Å²) >= 11 is 0. The van der Waals surface area contributed by atoms with Crippen molar-refractivity contribution in [3.63, 3.8) is 0 Å². The minimum absolute atomic E-state index is 0.660. The SMILES string of the molecule is [CH2]Cc1nnnn1CCC.